The number of carbonyl (C=O) groups is 2. The summed E-state index contributed by atoms with van der Waals surface area (Å²) in [5.41, 5.74) is 4.27. The van der Waals surface area contributed by atoms with E-state index in [-0.39, 0.29) is 11.8 Å². The molecule has 2 aromatic heterocycles. The first-order valence-electron chi connectivity index (χ1n) is 11.7. The van der Waals surface area contributed by atoms with Crippen LogP contribution in [0.5, 0.6) is 0 Å². The number of aromatic amines is 1. The number of anilines is 2. The van der Waals surface area contributed by atoms with Gasteiger partial charge in [0.1, 0.15) is 0 Å². The lowest BCUT2D eigenvalue weighted by atomic mass is 10.1. The Morgan fingerprint density at radius 1 is 1.08 bits per heavy atom. The average molecular weight is 523 g/mol. The molecular weight excluding hydrogens is 496 g/mol. The quantitative estimate of drug-likeness (QED) is 0.346. The molecule has 0 atom stereocenters. The van der Waals surface area contributed by atoms with Crippen LogP contribution in [0, 0.1) is 6.92 Å². The molecule has 10 heteroatoms. The van der Waals surface area contributed by atoms with Gasteiger partial charge >= 0.3 is 0 Å². The topological polar surface area (TPSA) is 93.4 Å². The molecule has 0 unspecified atom stereocenters. The molecule has 186 valence electrons. The maximum atomic E-state index is 12.9. The van der Waals surface area contributed by atoms with Crippen LogP contribution in [0.1, 0.15) is 31.2 Å². The Bertz CT molecular complexity index is 1390. The first-order chi connectivity index (χ1) is 17.4. The molecule has 0 radical (unpaired) electrons. The highest BCUT2D eigenvalue weighted by atomic mass is 35.5. The number of hydrogen-bond donors (Lipinski definition) is 3. The molecule has 0 spiro atoms. The van der Waals surface area contributed by atoms with E-state index in [9.17, 15) is 9.59 Å². The molecule has 8 nitrogen and oxygen atoms in total. The zero-order chi connectivity index (χ0) is 25.2. The maximum Gasteiger partial charge on any atom is 0.261 e. The monoisotopic (exact) mass is 522 g/mol. The predicted octanol–water partition coefficient (Wildman–Crippen LogP) is 4.52. The highest BCUT2D eigenvalue weighted by Crippen LogP contribution is 2.31. The number of piperazine rings is 1. The first-order valence-corrected chi connectivity index (χ1v) is 12.9. The van der Waals surface area contributed by atoms with Crippen molar-refractivity contribution in [1.29, 1.82) is 0 Å². The van der Waals surface area contributed by atoms with Gasteiger partial charge in [-0.15, -0.1) is 11.3 Å². The van der Waals surface area contributed by atoms with Crippen molar-refractivity contribution in [2.45, 2.75) is 13.5 Å². The number of likely N-dealkylation sites (N-methyl/N-ethyl adjacent to an activating group) is 1. The summed E-state index contributed by atoms with van der Waals surface area (Å²) in [6.07, 6.45) is 0. The Morgan fingerprint density at radius 2 is 1.83 bits per heavy atom. The molecular formula is C26H27ClN6O2S. The lowest BCUT2D eigenvalue weighted by Gasteiger charge is -2.34. The molecule has 1 saturated heterocycles. The number of fused-ring (bicyclic) bond motifs is 1. The third-order valence-electron chi connectivity index (χ3n) is 6.47. The summed E-state index contributed by atoms with van der Waals surface area (Å²) in [4.78, 5) is 30.8. The van der Waals surface area contributed by atoms with Crippen molar-refractivity contribution in [2.75, 3.05) is 43.4 Å². The molecule has 4 aromatic rings. The van der Waals surface area contributed by atoms with Gasteiger partial charge < -0.3 is 20.4 Å². The average Bonchev–Trinajstić information content (AvgIpc) is 3.46. The van der Waals surface area contributed by atoms with Crippen LogP contribution in [-0.4, -0.2) is 60.1 Å². The van der Waals surface area contributed by atoms with Gasteiger partial charge in [0.15, 0.2) is 5.82 Å². The molecule has 2 aromatic carbocycles. The van der Waals surface area contributed by atoms with Crippen molar-refractivity contribution in [2.24, 2.45) is 0 Å². The van der Waals surface area contributed by atoms with Crippen LogP contribution in [-0.2, 0) is 6.54 Å². The van der Waals surface area contributed by atoms with Gasteiger partial charge in [-0.1, -0.05) is 23.7 Å². The summed E-state index contributed by atoms with van der Waals surface area (Å²) in [5, 5.41) is 13.6. The van der Waals surface area contributed by atoms with Crippen molar-refractivity contribution in [3.8, 4) is 0 Å². The Balaban J connectivity index is 1.24. The van der Waals surface area contributed by atoms with Crippen LogP contribution in [0.25, 0.3) is 10.2 Å². The van der Waals surface area contributed by atoms with E-state index in [4.69, 9.17) is 11.6 Å². The first kappa shape index (κ1) is 24.3. The van der Waals surface area contributed by atoms with E-state index >= 15 is 0 Å². The van der Waals surface area contributed by atoms with Crippen molar-refractivity contribution >= 4 is 56.5 Å². The zero-order valence-electron chi connectivity index (χ0n) is 20.1. The molecule has 36 heavy (non-hydrogen) atoms. The fraction of sp³-hybridized carbons (Fsp3) is 0.269. The molecule has 1 fully saturated rings. The lowest BCUT2D eigenvalue weighted by Crippen LogP contribution is -2.44. The second-order valence-electron chi connectivity index (χ2n) is 8.93. The van der Waals surface area contributed by atoms with Gasteiger partial charge in [0.05, 0.1) is 15.1 Å². The Kier molecular flexibility index (Phi) is 6.95. The van der Waals surface area contributed by atoms with E-state index in [2.05, 4.69) is 37.7 Å². The van der Waals surface area contributed by atoms with Gasteiger partial charge in [0.25, 0.3) is 11.8 Å². The second kappa shape index (κ2) is 10.3. The minimum atomic E-state index is -0.248. The molecule has 3 N–H and O–H groups in total. The number of H-pyrrole nitrogens is 1. The van der Waals surface area contributed by atoms with Crippen molar-refractivity contribution in [3.63, 3.8) is 0 Å². The molecule has 0 bridgehead atoms. The van der Waals surface area contributed by atoms with Crippen molar-refractivity contribution in [3.05, 3.63) is 75.1 Å². The summed E-state index contributed by atoms with van der Waals surface area (Å²) in [5.74, 6) is -0.0493. The second-order valence-corrected chi connectivity index (χ2v) is 10.4. The number of benzene rings is 2. The minimum Gasteiger partial charge on any atom is -0.369 e. The lowest BCUT2D eigenvalue weighted by molar-refractivity contribution is 0.0954. The molecule has 2 amide bonds. The van der Waals surface area contributed by atoms with Crippen LogP contribution in [0.15, 0.2) is 48.5 Å². The van der Waals surface area contributed by atoms with E-state index in [1.807, 2.05) is 49.4 Å². The van der Waals surface area contributed by atoms with Gasteiger partial charge in [0, 0.05) is 49.0 Å². The maximum absolute atomic E-state index is 12.9. The number of aryl methyl sites for hydroxylation is 1. The number of amides is 2. The number of rotatable bonds is 6. The number of aromatic nitrogens is 2. The van der Waals surface area contributed by atoms with Crippen LogP contribution in [0.3, 0.4) is 0 Å². The van der Waals surface area contributed by atoms with Gasteiger partial charge in [-0.3, -0.25) is 14.7 Å². The van der Waals surface area contributed by atoms with Crippen molar-refractivity contribution < 1.29 is 9.59 Å². The standard InChI is InChI=1S/C26H27ClN6O2S/c1-16-4-3-5-20(27)19(16)15-28-26(35)22-14-21-23(36-22)24(31-30-21)29-25(34)17-6-8-18(9-7-17)33-12-10-32(2)11-13-33/h3-9,14H,10-13,15H2,1-2H3,(H,28,35)(H2,29,30,31,34). The SMILES string of the molecule is Cc1cccc(Cl)c1CNC(=O)c1cc2[nH]nc(NC(=O)c3ccc(N4CCN(C)CC4)cc3)c2s1. The van der Waals surface area contributed by atoms with Crippen LogP contribution < -0.4 is 15.5 Å². The summed E-state index contributed by atoms with van der Waals surface area (Å²) >= 11 is 7.55. The number of halogens is 1. The van der Waals surface area contributed by atoms with Crippen LogP contribution in [0.4, 0.5) is 11.5 Å². The number of nitrogens with one attached hydrogen (secondary N) is 3. The van der Waals surface area contributed by atoms with Gasteiger partial charge in [-0.25, -0.2) is 0 Å². The van der Waals surface area contributed by atoms with Gasteiger partial charge in [0.2, 0.25) is 0 Å². The molecule has 3 heterocycles. The number of thiophene rings is 1. The van der Waals surface area contributed by atoms with Crippen LogP contribution in [0.2, 0.25) is 5.02 Å². The summed E-state index contributed by atoms with van der Waals surface area (Å²) in [7, 11) is 2.13. The van der Waals surface area contributed by atoms with E-state index in [1.165, 1.54) is 11.3 Å². The summed E-state index contributed by atoms with van der Waals surface area (Å²) in [6.45, 7) is 6.29. The molecule has 1 aliphatic heterocycles. The number of nitrogens with zero attached hydrogens (tertiary/aromatic N) is 3. The molecule has 1 aliphatic rings. The fourth-order valence-corrected chi connectivity index (χ4v) is 5.49. The largest absolute Gasteiger partial charge is 0.369 e. The molecule has 5 rings (SSSR count). The Labute approximate surface area is 218 Å². The van der Waals surface area contributed by atoms with E-state index in [0.717, 1.165) is 47.7 Å². The highest BCUT2D eigenvalue weighted by Gasteiger charge is 2.19. The smallest absolute Gasteiger partial charge is 0.261 e. The van der Waals surface area contributed by atoms with Crippen LogP contribution >= 0.6 is 22.9 Å². The fourth-order valence-electron chi connectivity index (χ4n) is 4.23. The third kappa shape index (κ3) is 5.09. The molecule has 0 saturated carbocycles. The van der Waals surface area contributed by atoms with E-state index < -0.39 is 0 Å². The van der Waals surface area contributed by atoms with E-state index in [1.54, 1.807) is 6.07 Å². The number of carbonyl (C=O) groups excluding carboxylic acids is 2. The van der Waals surface area contributed by atoms with E-state index in [0.29, 0.717) is 33.3 Å². The van der Waals surface area contributed by atoms with Crippen molar-refractivity contribution in [1.82, 2.24) is 20.4 Å². The normalized spacial score (nSPS) is 14.2. The Hall–Kier alpha value is -3.40. The zero-order valence-corrected chi connectivity index (χ0v) is 21.7. The minimum absolute atomic E-state index is 0.208. The number of hydrogen-bond acceptors (Lipinski definition) is 6. The predicted molar refractivity (Wildman–Crippen MR) is 145 cm³/mol. The highest BCUT2D eigenvalue weighted by molar-refractivity contribution is 7.21. The van der Waals surface area contributed by atoms with Gasteiger partial charge in [-0.05, 0) is 61.5 Å². The third-order valence-corrected chi connectivity index (χ3v) is 7.96. The Morgan fingerprint density at radius 3 is 2.56 bits per heavy atom. The summed E-state index contributed by atoms with van der Waals surface area (Å²) < 4.78 is 0.719. The van der Waals surface area contributed by atoms with Gasteiger partial charge in [-0.2, -0.15) is 5.10 Å². The molecule has 0 aliphatic carbocycles. The summed E-state index contributed by atoms with van der Waals surface area (Å²) in [6, 6.07) is 15.0.